The summed E-state index contributed by atoms with van der Waals surface area (Å²) >= 11 is 0. The van der Waals surface area contributed by atoms with E-state index in [9.17, 15) is 4.79 Å². The molecule has 1 rings (SSSR count). The summed E-state index contributed by atoms with van der Waals surface area (Å²) in [4.78, 5) is 16.8. The van der Waals surface area contributed by atoms with E-state index in [0.29, 0.717) is 5.69 Å². The van der Waals surface area contributed by atoms with E-state index in [4.69, 9.17) is 5.26 Å². The van der Waals surface area contributed by atoms with E-state index in [-0.39, 0.29) is 0 Å². The number of anilines is 1. The maximum Gasteiger partial charge on any atom is 0.275 e. The smallest absolute Gasteiger partial charge is 0.275 e. The molecule has 0 aliphatic rings. The van der Waals surface area contributed by atoms with Gasteiger partial charge < -0.3 is 4.90 Å². The Labute approximate surface area is 94.0 Å². The van der Waals surface area contributed by atoms with Crippen LogP contribution >= 0.6 is 0 Å². The molecule has 1 aromatic carbocycles. The van der Waals surface area contributed by atoms with Crippen molar-refractivity contribution >= 4 is 23.5 Å². The highest BCUT2D eigenvalue weighted by Gasteiger charge is 1.96. The summed E-state index contributed by atoms with van der Waals surface area (Å²) in [7, 11) is 3.89. The quantitative estimate of drug-likeness (QED) is 0.466. The number of rotatable bonds is 3. The fraction of sp³-hybridized carbons (Fsp3) is 0.182. The lowest BCUT2D eigenvalue weighted by Gasteiger charge is -2.11. The number of hydrogen-bond donors (Lipinski definition) is 1. The van der Waals surface area contributed by atoms with Crippen molar-refractivity contribution in [3.63, 3.8) is 0 Å². The van der Waals surface area contributed by atoms with Gasteiger partial charge in [-0.05, 0) is 24.3 Å². The molecule has 0 atom stereocenters. The highest BCUT2D eigenvalue weighted by Crippen LogP contribution is 2.17. The van der Waals surface area contributed by atoms with Crippen LogP contribution in [0.3, 0.4) is 0 Å². The number of carbonyl (C=O) groups is 1. The average Bonchev–Trinajstić information content (AvgIpc) is 2.27. The molecule has 5 nitrogen and oxygen atoms in total. The van der Waals surface area contributed by atoms with E-state index < -0.39 is 5.91 Å². The summed E-state index contributed by atoms with van der Waals surface area (Å²) in [6.07, 6.45) is 2.61. The van der Waals surface area contributed by atoms with Gasteiger partial charge in [0.15, 0.2) is 6.19 Å². The van der Waals surface area contributed by atoms with Gasteiger partial charge in [-0.25, -0.2) is 0 Å². The van der Waals surface area contributed by atoms with Crippen LogP contribution in [0.1, 0.15) is 0 Å². The lowest BCUT2D eigenvalue weighted by atomic mass is 10.3. The minimum absolute atomic E-state index is 0.529. The second-order valence-corrected chi connectivity index (χ2v) is 3.27. The van der Waals surface area contributed by atoms with Crippen molar-refractivity contribution in [2.24, 2.45) is 4.99 Å². The monoisotopic (exact) mass is 216 g/mol. The average molecular weight is 216 g/mol. The second kappa shape index (κ2) is 5.51. The Balaban J connectivity index is 2.69. The van der Waals surface area contributed by atoms with Gasteiger partial charge in [-0.15, -0.1) is 0 Å². The molecule has 0 aromatic heterocycles. The molecule has 0 saturated carbocycles. The summed E-state index contributed by atoms with van der Waals surface area (Å²) in [5, 5.41) is 10.1. The Bertz CT molecular complexity index is 428. The minimum Gasteiger partial charge on any atom is -0.378 e. The van der Waals surface area contributed by atoms with Crippen LogP contribution in [0.25, 0.3) is 0 Å². The Hall–Kier alpha value is -2.35. The van der Waals surface area contributed by atoms with E-state index in [1.807, 2.05) is 36.4 Å². The van der Waals surface area contributed by atoms with Crippen LogP contribution in [0.15, 0.2) is 29.3 Å². The number of nitrogens with one attached hydrogen (secondary N) is 1. The first-order valence-corrected chi connectivity index (χ1v) is 4.64. The normalized spacial score (nSPS) is 9.81. The highest BCUT2D eigenvalue weighted by molar-refractivity contribution is 6.27. The first kappa shape index (κ1) is 11.7. The van der Waals surface area contributed by atoms with Crippen LogP contribution in [0.2, 0.25) is 0 Å². The predicted octanol–water partition coefficient (Wildman–Crippen LogP) is 1.05. The Morgan fingerprint density at radius 3 is 2.56 bits per heavy atom. The van der Waals surface area contributed by atoms with Gasteiger partial charge in [0.05, 0.1) is 11.9 Å². The SMILES string of the molecule is CN(C)c1ccc(N=CC(=O)NC#N)cc1. The fourth-order valence-electron chi connectivity index (χ4n) is 1.06. The number of hydrogen-bond acceptors (Lipinski definition) is 4. The first-order valence-electron chi connectivity index (χ1n) is 4.64. The summed E-state index contributed by atoms with van der Waals surface area (Å²) < 4.78 is 0. The van der Waals surface area contributed by atoms with Crippen molar-refractivity contribution in [2.75, 3.05) is 19.0 Å². The lowest BCUT2D eigenvalue weighted by Crippen LogP contribution is -2.17. The van der Waals surface area contributed by atoms with Gasteiger partial charge >= 0.3 is 0 Å². The standard InChI is InChI=1S/C11H12N4O/c1-15(2)10-5-3-9(4-6-10)13-7-11(16)14-8-12/h3-7H,1-2H3,(H,14,16). The molecule has 0 bridgehead atoms. The third-order valence-corrected chi connectivity index (χ3v) is 1.88. The van der Waals surface area contributed by atoms with Crippen molar-refractivity contribution in [1.29, 1.82) is 5.26 Å². The Morgan fingerprint density at radius 2 is 2.06 bits per heavy atom. The van der Waals surface area contributed by atoms with E-state index in [1.54, 1.807) is 12.1 Å². The summed E-state index contributed by atoms with van der Waals surface area (Å²) in [5.74, 6) is -0.529. The Morgan fingerprint density at radius 1 is 1.44 bits per heavy atom. The van der Waals surface area contributed by atoms with E-state index >= 15 is 0 Å². The third-order valence-electron chi connectivity index (χ3n) is 1.88. The summed E-state index contributed by atoms with van der Waals surface area (Å²) in [6.45, 7) is 0. The largest absolute Gasteiger partial charge is 0.378 e. The number of aliphatic imine (C=N–C) groups is 1. The van der Waals surface area contributed by atoms with Gasteiger partial charge in [0.25, 0.3) is 5.91 Å². The van der Waals surface area contributed by atoms with Crippen molar-refractivity contribution < 1.29 is 4.79 Å². The van der Waals surface area contributed by atoms with Gasteiger partial charge in [0, 0.05) is 19.8 Å². The number of nitrogens with zero attached hydrogens (tertiary/aromatic N) is 3. The molecule has 0 unspecified atom stereocenters. The molecular formula is C11H12N4O. The van der Waals surface area contributed by atoms with Crippen molar-refractivity contribution in [3.8, 4) is 6.19 Å². The molecule has 5 heteroatoms. The third kappa shape index (κ3) is 3.42. The zero-order chi connectivity index (χ0) is 12.0. The summed E-state index contributed by atoms with van der Waals surface area (Å²) in [6, 6.07) is 7.39. The van der Waals surface area contributed by atoms with E-state index in [0.717, 1.165) is 11.9 Å². The molecule has 0 aliphatic carbocycles. The molecule has 1 aromatic rings. The van der Waals surface area contributed by atoms with Crippen LogP contribution in [0, 0.1) is 11.5 Å². The van der Waals surface area contributed by atoms with Crippen LogP contribution in [0.4, 0.5) is 11.4 Å². The van der Waals surface area contributed by atoms with Crippen LogP contribution in [0.5, 0.6) is 0 Å². The number of nitriles is 1. The molecule has 0 radical (unpaired) electrons. The van der Waals surface area contributed by atoms with Crippen molar-refractivity contribution in [1.82, 2.24) is 5.32 Å². The van der Waals surface area contributed by atoms with E-state index in [1.165, 1.54) is 6.19 Å². The molecule has 16 heavy (non-hydrogen) atoms. The maximum atomic E-state index is 10.9. The molecule has 0 spiro atoms. The van der Waals surface area contributed by atoms with Crippen molar-refractivity contribution in [2.45, 2.75) is 0 Å². The number of amides is 1. The molecule has 0 aliphatic heterocycles. The zero-order valence-electron chi connectivity index (χ0n) is 9.14. The van der Waals surface area contributed by atoms with Gasteiger partial charge in [-0.1, -0.05) is 0 Å². The van der Waals surface area contributed by atoms with E-state index in [2.05, 4.69) is 4.99 Å². The molecule has 1 amide bonds. The van der Waals surface area contributed by atoms with Crippen molar-refractivity contribution in [3.05, 3.63) is 24.3 Å². The van der Waals surface area contributed by atoms with Crippen LogP contribution in [-0.4, -0.2) is 26.2 Å². The second-order valence-electron chi connectivity index (χ2n) is 3.27. The molecule has 0 heterocycles. The maximum absolute atomic E-state index is 10.9. The number of carbonyl (C=O) groups excluding carboxylic acids is 1. The van der Waals surface area contributed by atoms with Gasteiger partial charge in [0.1, 0.15) is 0 Å². The van der Waals surface area contributed by atoms with Crippen LogP contribution in [-0.2, 0) is 4.79 Å². The molecule has 0 saturated heterocycles. The number of benzene rings is 1. The molecule has 0 fully saturated rings. The Kier molecular flexibility index (Phi) is 4.04. The van der Waals surface area contributed by atoms with Gasteiger partial charge in [-0.3, -0.25) is 15.1 Å². The summed E-state index contributed by atoms with van der Waals surface area (Å²) in [5.41, 5.74) is 1.72. The molecular weight excluding hydrogens is 204 g/mol. The predicted molar refractivity (Wildman–Crippen MR) is 62.7 cm³/mol. The van der Waals surface area contributed by atoms with Gasteiger partial charge in [0.2, 0.25) is 0 Å². The highest BCUT2D eigenvalue weighted by atomic mass is 16.1. The molecule has 82 valence electrons. The fourth-order valence-corrected chi connectivity index (χ4v) is 1.06. The minimum atomic E-state index is -0.529. The first-order chi connectivity index (χ1) is 7.63. The van der Waals surface area contributed by atoms with Crippen LogP contribution < -0.4 is 10.2 Å². The zero-order valence-corrected chi connectivity index (χ0v) is 9.14. The molecule has 1 N–H and O–H groups in total. The van der Waals surface area contributed by atoms with Gasteiger partial charge in [-0.2, -0.15) is 5.26 Å². The lowest BCUT2D eigenvalue weighted by molar-refractivity contribution is -0.113. The topological polar surface area (TPSA) is 68.5 Å².